The summed E-state index contributed by atoms with van der Waals surface area (Å²) < 4.78 is 0. The Balaban J connectivity index is 2.24. The summed E-state index contributed by atoms with van der Waals surface area (Å²) >= 11 is 0. The van der Waals surface area contributed by atoms with Gasteiger partial charge in [-0.2, -0.15) is 0 Å². The first-order valence-corrected chi connectivity index (χ1v) is 5.41. The van der Waals surface area contributed by atoms with Crippen molar-refractivity contribution in [2.45, 2.75) is 12.2 Å². The fraction of sp³-hybridized carbons (Fsp3) is 0.273. The zero-order chi connectivity index (χ0) is 14.0. The average molecular weight is 262 g/mol. The lowest BCUT2D eigenvalue weighted by molar-refractivity contribution is -0.112. The van der Waals surface area contributed by atoms with Crippen LogP contribution in [0.2, 0.25) is 0 Å². The Bertz CT molecular complexity index is 594. The van der Waals surface area contributed by atoms with E-state index in [1.807, 2.05) is 0 Å². The molecule has 0 fully saturated rings. The number of nitrogens with zero attached hydrogens (tertiary/aromatic N) is 3. The number of azide groups is 1. The number of carbonyl (C=O) groups excluding carboxylic acids is 2. The van der Waals surface area contributed by atoms with Crippen molar-refractivity contribution < 1.29 is 19.8 Å². The molecular weight excluding hydrogens is 252 g/mol. The molecule has 1 aliphatic heterocycles. The van der Waals surface area contributed by atoms with Crippen LogP contribution in [0.4, 0.5) is 5.69 Å². The first-order chi connectivity index (χ1) is 9.04. The van der Waals surface area contributed by atoms with Gasteiger partial charge in [-0.25, -0.2) is 0 Å². The summed E-state index contributed by atoms with van der Waals surface area (Å²) in [6.07, 6.45) is -2.54. The van der Waals surface area contributed by atoms with Crippen LogP contribution in [0.5, 0.6) is 0 Å². The van der Waals surface area contributed by atoms with E-state index in [0.717, 1.165) is 0 Å². The van der Waals surface area contributed by atoms with Gasteiger partial charge in [0.25, 0.3) is 11.7 Å². The molecule has 8 heteroatoms. The van der Waals surface area contributed by atoms with Crippen LogP contribution in [-0.4, -0.2) is 34.6 Å². The first kappa shape index (κ1) is 13.0. The summed E-state index contributed by atoms with van der Waals surface area (Å²) in [5.74, 6) is -1.36. The van der Waals surface area contributed by atoms with Crippen LogP contribution in [0.3, 0.4) is 0 Å². The maximum absolute atomic E-state index is 11.4. The number of fused-ring (bicyclic) bond motifs is 1. The number of ketones is 1. The largest absolute Gasteiger partial charge is 0.390 e. The Kier molecular flexibility index (Phi) is 3.48. The molecule has 0 radical (unpaired) electrons. The van der Waals surface area contributed by atoms with Gasteiger partial charge in [-0.05, 0) is 23.2 Å². The normalized spacial score (nSPS) is 16.3. The van der Waals surface area contributed by atoms with E-state index in [2.05, 4.69) is 15.3 Å². The third-order valence-electron chi connectivity index (χ3n) is 2.78. The van der Waals surface area contributed by atoms with Crippen LogP contribution < -0.4 is 5.32 Å². The lowest BCUT2D eigenvalue weighted by atomic mass is 10.0. The van der Waals surface area contributed by atoms with Crippen LogP contribution in [-0.2, 0) is 4.79 Å². The third kappa shape index (κ3) is 2.41. The maximum atomic E-state index is 11.4. The number of rotatable bonds is 4. The van der Waals surface area contributed by atoms with Crippen molar-refractivity contribution >= 4 is 17.4 Å². The van der Waals surface area contributed by atoms with Crippen molar-refractivity contribution in [3.8, 4) is 0 Å². The van der Waals surface area contributed by atoms with Crippen LogP contribution >= 0.6 is 0 Å². The molecule has 1 aliphatic rings. The Morgan fingerprint density at radius 3 is 2.79 bits per heavy atom. The number of anilines is 1. The molecule has 98 valence electrons. The van der Waals surface area contributed by atoms with E-state index in [4.69, 9.17) is 5.53 Å². The van der Waals surface area contributed by atoms with E-state index in [-0.39, 0.29) is 12.1 Å². The van der Waals surface area contributed by atoms with E-state index in [9.17, 15) is 19.8 Å². The highest BCUT2D eigenvalue weighted by Gasteiger charge is 2.29. The lowest BCUT2D eigenvalue weighted by Gasteiger charge is -2.16. The van der Waals surface area contributed by atoms with Gasteiger partial charge in [0.15, 0.2) is 0 Å². The molecule has 0 aliphatic carbocycles. The van der Waals surface area contributed by atoms with Gasteiger partial charge in [0.1, 0.15) is 6.10 Å². The number of amides is 1. The number of aliphatic hydroxyl groups is 2. The highest BCUT2D eigenvalue weighted by molar-refractivity contribution is 6.51. The van der Waals surface area contributed by atoms with E-state index in [0.29, 0.717) is 11.3 Å². The molecule has 0 bridgehead atoms. The minimum Gasteiger partial charge on any atom is -0.390 e. The SMILES string of the molecule is [N-]=[N+]=NCC(O)C(O)c1ccc2c(c1)NC(=O)C2=O. The van der Waals surface area contributed by atoms with Gasteiger partial charge < -0.3 is 15.5 Å². The van der Waals surface area contributed by atoms with Crippen molar-refractivity contribution in [3.05, 3.63) is 39.8 Å². The minimum atomic E-state index is -1.27. The summed E-state index contributed by atoms with van der Waals surface area (Å²) in [6.45, 7) is -0.278. The van der Waals surface area contributed by atoms with Gasteiger partial charge in [0.05, 0.1) is 23.9 Å². The third-order valence-corrected chi connectivity index (χ3v) is 2.78. The van der Waals surface area contributed by atoms with Gasteiger partial charge in [-0.15, -0.1) is 0 Å². The van der Waals surface area contributed by atoms with Gasteiger partial charge in [0, 0.05) is 4.91 Å². The monoisotopic (exact) mass is 262 g/mol. The molecule has 2 rings (SSSR count). The van der Waals surface area contributed by atoms with Gasteiger partial charge in [-0.3, -0.25) is 9.59 Å². The molecule has 0 spiro atoms. The van der Waals surface area contributed by atoms with Crippen molar-refractivity contribution in [2.24, 2.45) is 5.11 Å². The number of aliphatic hydroxyl groups excluding tert-OH is 2. The van der Waals surface area contributed by atoms with Crippen molar-refractivity contribution in [1.29, 1.82) is 0 Å². The first-order valence-electron chi connectivity index (χ1n) is 5.41. The molecule has 1 amide bonds. The molecule has 1 heterocycles. The molecule has 2 unspecified atom stereocenters. The summed E-state index contributed by atoms with van der Waals surface area (Å²) in [6, 6.07) is 4.23. The fourth-order valence-corrected chi connectivity index (χ4v) is 1.79. The molecule has 19 heavy (non-hydrogen) atoms. The van der Waals surface area contributed by atoms with Crippen LogP contribution in [0.25, 0.3) is 10.4 Å². The standard InChI is InChI=1S/C11H10N4O4/c12-15-13-4-8(16)9(17)5-1-2-6-7(3-5)14-11(19)10(6)18/h1-3,8-9,16-17H,4H2,(H,14,18,19). The zero-order valence-corrected chi connectivity index (χ0v) is 9.65. The molecule has 1 aromatic rings. The number of hydrogen-bond acceptors (Lipinski definition) is 5. The van der Waals surface area contributed by atoms with Crippen LogP contribution in [0, 0.1) is 0 Å². The van der Waals surface area contributed by atoms with Gasteiger partial charge in [-0.1, -0.05) is 11.2 Å². The Labute approximate surface area is 107 Å². The molecule has 0 saturated carbocycles. The Morgan fingerprint density at radius 1 is 1.37 bits per heavy atom. The molecule has 2 atom stereocenters. The topological polar surface area (TPSA) is 135 Å². The van der Waals surface area contributed by atoms with Gasteiger partial charge in [0.2, 0.25) is 0 Å². The predicted octanol–water partition coefficient (Wildman–Crippen LogP) is 0.526. The molecule has 3 N–H and O–H groups in total. The summed E-state index contributed by atoms with van der Waals surface area (Å²) in [5.41, 5.74) is 8.97. The second-order valence-corrected chi connectivity index (χ2v) is 4.01. The summed E-state index contributed by atoms with van der Waals surface area (Å²) in [5, 5.41) is 25.0. The van der Waals surface area contributed by atoms with E-state index >= 15 is 0 Å². The Hall–Kier alpha value is -2.41. The predicted molar refractivity (Wildman–Crippen MR) is 64.4 cm³/mol. The number of hydrogen-bond donors (Lipinski definition) is 3. The minimum absolute atomic E-state index is 0.227. The van der Waals surface area contributed by atoms with Crippen molar-refractivity contribution in [3.63, 3.8) is 0 Å². The number of carbonyl (C=O) groups is 2. The average Bonchev–Trinajstić information content (AvgIpc) is 2.70. The van der Waals surface area contributed by atoms with Crippen molar-refractivity contribution in [1.82, 2.24) is 0 Å². The molecule has 1 aromatic carbocycles. The lowest BCUT2D eigenvalue weighted by Crippen LogP contribution is -2.21. The maximum Gasteiger partial charge on any atom is 0.296 e. The van der Waals surface area contributed by atoms with Crippen molar-refractivity contribution in [2.75, 3.05) is 11.9 Å². The van der Waals surface area contributed by atoms with E-state index < -0.39 is 23.9 Å². The highest BCUT2D eigenvalue weighted by Crippen LogP contribution is 2.28. The highest BCUT2D eigenvalue weighted by atomic mass is 16.3. The van der Waals surface area contributed by atoms with Crippen LogP contribution in [0.15, 0.2) is 23.3 Å². The molecular formula is C11H10N4O4. The summed E-state index contributed by atoms with van der Waals surface area (Å²) in [4.78, 5) is 25.0. The number of Topliss-reactive ketones (excluding diaryl/α,β-unsaturated/α-hetero) is 1. The molecule has 8 nitrogen and oxygen atoms in total. The second kappa shape index (κ2) is 5.07. The summed E-state index contributed by atoms with van der Waals surface area (Å²) in [7, 11) is 0. The van der Waals surface area contributed by atoms with Gasteiger partial charge >= 0.3 is 0 Å². The van der Waals surface area contributed by atoms with E-state index in [1.165, 1.54) is 18.2 Å². The fourth-order valence-electron chi connectivity index (χ4n) is 1.79. The molecule has 0 aromatic heterocycles. The zero-order valence-electron chi connectivity index (χ0n) is 9.65. The Morgan fingerprint density at radius 2 is 2.11 bits per heavy atom. The smallest absolute Gasteiger partial charge is 0.296 e. The number of benzene rings is 1. The quantitative estimate of drug-likeness (QED) is 0.315. The van der Waals surface area contributed by atoms with E-state index in [1.54, 1.807) is 0 Å². The number of nitrogens with one attached hydrogen (secondary N) is 1. The van der Waals surface area contributed by atoms with Crippen LogP contribution in [0.1, 0.15) is 22.0 Å². The second-order valence-electron chi connectivity index (χ2n) is 4.01. The molecule has 0 saturated heterocycles.